The van der Waals surface area contributed by atoms with Gasteiger partial charge in [0.1, 0.15) is 5.82 Å². The highest BCUT2D eigenvalue weighted by molar-refractivity contribution is 9.09. The molecular formula is C10H8BrClFN3. The van der Waals surface area contributed by atoms with Crippen molar-refractivity contribution in [2.75, 3.05) is 0 Å². The van der Waals surface area contributed by atoms with Crippen LogP contribution in [-0.2, 0) is 0 Å². The topological polar surface area (TPSA) is 30.7 Å². The summed E-state index contributed by atoms with van der Waals surface area (Å²) in [4.78, 5) is 0.0913. The molecule has 1 aromatic heterocycles. The maximum Gasteiger partial charge on any atom is 0.125 e. The number of hydrogen-bond donors (Lipinski definition) is 0. The van der Waals surface area contributed by atoms with Crippen molar-refractivity contribution in [3.63, 3.8) is 0 Å². The summed E-state index contributed by atoms with van der Waals surface area (Å²) >= 11 is 9.33. The molecule has 0 radical (unpaired) electrons. The highest BCUT2D eigenvalue weighted by Crippen LogP contribution is 2.23. The van der Waals surface area contributed by atoms with Crippen molar-refractivity contribution < 1.29 is 4.39 Å². The van der Waals surface area contributed by atoms with Crippen LogP contribution >= 0.6 is 27.5 Å². The van der Waals surface area contributed by atoms with Gasteiger partial charge in [0.05, 0.1) is 27.4 Å². The molecule has 6 heteroatoms. The lowest BCUT2D eigenvalue weighted by Gasteiger charge is -2.02. The van der Waals surface area contributed by atoms with Crippen molar-refractivity contribution in [2.45, 2.75) is 11.8 Å². The largest absolute Gasteiger partial charge is 0.219 e. The average Bonchev–Trinajstić information content (AvgIpc) is 2.70. The number of aromatic nitrogens is 3. The fourth-order valence-electron chi connectivity index (χ4n) is 1.24. The lowest BCUT2D eigenvalue weighted by molar-refractivity contribution is 0.625. The second-order valence-corrected chi connectivity index (χ2v) is 5.08. The molecule has 0 aliphatic heterocycles. The van der Waals surface area contributed by atoms with E-state index in [-0.39, 0.29) is 10.6 Å². The molecule has 3 nitrogen and oxygen atoms in total. The van der Waals surface area contributed by atoms with E-state index >= 15 is 0 Å². The zero-order chi connectivity index (χ0) is 11.7. The molecule has 84 valence electrons. The minimum atomic E-state index is -0.358. The highest BCUT2D eigenvalue weighted by atomic mass is 79.9. The molecule has 0 N–H and O–H groups in total. The minimum absolute atomic E-state index is 0.0913. The number of nitrogens with zero attached hydrogens (tertiary/aromatic N) is 3. The van der Waals surface area contributed by atoms with Gasteiger partial charge in [0.2, 0.25) is 0 Å². The van der Waals surface area contributed by atoms with Gasteiger partial charge in [0, 0.05) is 6.07 Å². The predicted octanol–water partition coefficient (Wildman–Crippen LogP) is 3.52. The third kappa shape index (κ3) is 2.25. The maximum atomic E-state index is 13.1. The third-order valence-electron chi connectivity index (χ3n) is 2.07. The van der Waals surface area contributed by atoms with E-state index in [4.69, 9.17) is 11.6 Å². The first-order valence-electron chi connectivity index (χ1n) is 4.59. The Labute approximate surface area is 105 Å². The smallest absolute Gasteiger partial charge is 0.125 e. The summed E-state index contributed by atoms with van der Waals surface area (Å²) in [6.07, 6.45) is 1.71. The zero-order valence-electron chi connectivity index (χ0n) is 8.36. The van der Waals surface area contributed by atoms with Crippen LogP contribution in [0.1, 0.15) is 17.4 Å². The Morgan fingerprint density at radius 2 is 2.25 bits per heavy atom. The molecule has 0 bridgehead atoms. The van der Waals surface area contributed by atoms with Crippen LogP contribution in [0.15, 0.2) is 24.4 Å². The predicted molar refractivity (Wildman–Crippen MR) is 63.7 cm³/mol. The monoisotopic (exact) mass is 303 g/mol. The highest BCUT2D eigenvalue weighted by Gasteiger charge is 2.10. The molecule has 0 saturated carbocycles. The second-order valence-electron chi connectivity index (χ2n) is 3.30. The molecule has 1 atom stereocenters. The van der Waals surface area contributed by atoms with E-state index < -0.39 is 0 Å². The quantitative estimate of drug-likeness (QED) is 0.795. The molecule has 1 aromatic carbocycles. The first-order chi connectivity index (χ1) is 7.58. The first kappa shape index (κ1) is 11.5. The maximum absolute atomic E-state index is 13.1. The van der Waals surface area contributed by atoms with Crippen LogP contribution in [0, 0.1) is 5.82 Å². The Morgan fingerprint density at radius 3 is 2.88 bits per heavy atom. The van der Waals surface area contributed by atoms with Gasteiger partial charge in [-0.2, -0.15) is 0 Å². The van der Waals surface area contributed by atoms with E-state index in [1.54, 1.807) is 6.20 Å². The molecule has 0 saturated heterocycles. The fourth-order valence-corrected chi connectivity index (χ4v) is 1.65. The second kappa shape index (κ2) is 4.51. The number of hydrogen-bond acceptors (Lipinski definition) is 2. The van der Waals surface area contributed by atoms with E-state index in [2.05, 4.69) is 26.2 Å². The van der Waals surface area contributed by atoms with Crippen molar-refractivity contribution in [1.29, 1.82) is 0 Å². The van der Waals surface area contributed by atoms with E-state index in [9.17, 15) is 4.39 Å². The SMILES string of the molecule is CC(Br)c1cn(-c2cc(F)ccc2Cl)nn1. The number of alkyl halides is 1. The summed E-state index contributed by atoms with van der Waals surface area (Å²) in [5.41, 5.74) is 1.24. The Morgan fingerprint density at radius 1 is 1.50 bits per heavy atom. The molecule has 16 heavy (non-hydrogen) atoms. The van der Waals surface area contributed by atoms with Gasteiger partial charge in [-0.25, -0.2) is 9.07 Å². The van der Waals surface area contributed by atoms with Crippen molar-refractivity contribution in [2.24, 2.45) is 0 Å². The van der Waals surface area contributed by atoms with Gasteiger partial charge in [0.25, 0.3) is 0 Å². The summed E-state index contributed by atoms with van der Waals surface area (Å²) in [5, 5.41) is 8.27. The third-order valence-corrected chi connectivity index (χ3v) is 2.86. The Hall–Kier alpha value is -0.940. The van der Waals surface area contributed by atoms with Crippen molar-refractivity contribution >= 4 is 27.5 Å². The fraction of sp³-hybridized carbons (Fsp3) is 0.200. The van der Waals surface area contributed by atoms with Crippen LogP contribution in [-0.4, -0.2) is 15.0 Å². The molecule has 1 unspecified atom stereocenters. The molecule has 0 fully saturated rings. The normalized spacial score (nSPS) is 12.8. The van der Waals surface area contributed by atoms with Crippen LogP contribution in [0.3, 0.4) is 0 Å². The summed E-state index contributed by atoms with van der Waals surface area (Å²) < 4.78 is 14.5. The molecule has 0 amide bonds. The van der Waals surface area contributed by atoms with Gasteiger partial charge in [-0.3, -0.25) is 0 Å². The standard InChI is InChI=1S/C10H8BrClFN3/c1-6(11)9-5-16(15-14-9)10-4-7(13)2-3-8(10)12/h2-6H,1H3. The Balaban J connectivity index is 2.46. The Bertz CT molecular complexity index is 513. The molecule has 0 spiro atoms. The Kier molecular flexibility index (Phi) is 3.25. The first-order valence-corrected chi connectivity index (χ1v) is 5.89. The van der Waals surface area contributed by atoms with E-state index in [0.29, 0.717) is 10.7 Å². The molecule has 1 heterocycles. The van der Waals surface area contributed by atoms with E-state index in [1.165, 1.54) is 22.9 Å². The van der Waals surface area contributed by atoms with Gasteiger partial charge in [-0.05, 0) is 19.1 Å². The van der Waals surface area contributed by atoms with Crippen LogP contribution in [0.25, 0.3) is 5.69 Å². The van der Waals surface area contributed by atoms with Crippen LogP contribution < -0.4 is 0 Å². The lowest BCUT2D eigenvalue weighted by Crippen LogP contribution is -1.96. The van der Waals surface area contributed by atoms with Gasteiger partial charge >= 0.3 is 0 Å². The summed E-state index contributed by atoms with van der Waals surface area (Å²) in [6, 6.07) is 4.11. The van der Waals surface area contributed by atoms with Crippen LogP contribution in [0.4, 0.5) is 4.39 Å². The minimum Gasteiger partial charge on any atom is -0.219 e. The van der Waals surface area contributed by atoms with E-state index in [1.807, 2.05) is 6.92 Å². The molecule has 2 rings (SSSR count). The molecular weight excluding hydrogens is 296 g/mol. The van der Waals surface area contributed by atoms with Crippen LogP contribution in [0.5, 0.6) is 0 Å². The number of halogens is 3. The molecule has 0 aliphatic rings. The summed E-state index contributed by atoms with van der Waals surface area (Å²) in [7, 11) is 0. The van der Waals surface area contributed by atoms with E-state index in [0.717, 1.165) is 5.69 Å². The van der Waals surface area contributed by atoms with Crippen molar-refractivity contribution in [1.82, 2.24) is 15.0 Å². The number of rotatable bonds is 2. The lowest BCUT2D eigenvalue weighted by atomic mass is 10.3. The van der Waals surface area contributed by atoms with Gasteiger partial charge in [0.15, 0.2) is 0 Å². The molecule has 0 aliphatic carbocycles. The molecule has 2 aromatic rings. The van der Waals surface area contributed by atoms with Gasteiger partial charge in [-0.1, -0.05) is 32.7 Å². The van der Waals surface area contributed by atoms with Crippen LogP contribution in [0.2, 0.25) is 5.02 Å². The number of benzene rings is 1. The van der Waals surface area contributed by atoms with Gasteiger partial charge in [-0.15, -0.1) is 5.10 Å². The summed E-state index contributed by atoms with van der Waals surface area (Å²) in [6.45, 7) is 1.93. The summed E-state index contributed by atoms with van der Waals surface area (Å²) in [5.74, 6) is -0.358. The van der Waals surface area contributed by atoms with Crippen molar-refractivity contribution in [3.8, 4) is 5.69 Å². The average molecular weight is 305 g/mol. The van der Waals surface area contributed by atoms with Crippen molar-refractivity contribution in [3.05, 3.63) is 40.9 Å². The zero-order valence-corrected chi connectivity index (χ0v) is 10.7. The van der Waals surface area contributed by atoms with Gasteiger partial charge < -0.3 is 0 Å².